The summed E-state index contributed by atoms with van der Waals surface area (Å²) >= 11 is 0. The molecule has 0 N–H and O–H groups in total. The van der Waals surface area contributed by atoms with Gasteiger partial charge in [-0.25, -0.2) is 0 Å². The van der Waals surface area contributed by atoms with Gasteiger partial charge in [-0.15, -0.1) is 10.2 Å². The van der Waals surface area contributed by atoms with E-state index in [0.29, 0.717) is 5.41 Å². The van der Waals surface area contributed by atoms with Crippen LogP contribution in [0.25, 0.3) is 22.3 Å². The number of hydrogen-bond acceptors (Lipinski definition) is 3. The minimum atomic E-state index is 0.227. The summed E-state index contributed by atoms with van der Waals surface area (Å²) < 4.78 is 2.26. The predicted octanol–water partition coefficient (Wildman–Crippen LogP) is 6.20. The zero-order valence-corrected chi connectivity index (χ0v) is 17.8. The van der Waals surface area contributed by atoms with Crippen molar-refractivity contribution in [3.63, 3.8) is 0 Å². The van der Waals surface area contributed by atoms with Crippen molar-refractivity contribution in [3.05, 3.63) is 42.4 Å². The van der Waals surface area contributed by atoms with Crippen LogP contribution in [0.3, 0.4) is 0 Å². The van der Waals surface area contributed by atoms with Gasteiger partial charge in [-0.2, -0.15) is 0 Å². The fourth-order valence-corrected chi connectivity index (χ4v) is 6.03. The Bertz CT molecular complexity index is 989. The summed E-state index contributed by atoms with van der Waals surface area (Å²) in [5.74, 6) is 2.14. The maximum atomic E-state index is 4.77. The van der Waals surface area contributed by atoms with Gasteiger partial charge in [0.1, 0.15) is 5.82 Å². The third-order valence-electron chi connectivity index (χ3n) is 7.94. The molecule has 3 aliphatic rings. The predicted molar refractivity (Wildman–Crippen MR) is 118 cm³/mol. The molecule has 4 nitrogen and oxygen atoms in total. The minimum absolute atomic E-state index is 0.227. The number of hydrogen-bond donors (Lipinski definition) is 0. The van der Waals surface area contributed by atoms with Crippen molar-refractivity contribution in [3.8, 4) is 11.4 Å². The topological polar surface area (TPSA) is 43.6 Å². The molecule has 0 radical (unpaired) electrons. The number of benzene rings is 1. The summed E-state index contributed by atoms with van der Waals surface area (Å²) in [6.07, 6.45) is 15.4. The van der Waals surface area contributed by atoms with Crippen LogP contribution in [0.5, 0.6) is 0 Å². The Labute approximate surface area is 173 Å². The van der Waals surface area contributed by atoms with Crippen LogP contribution < -0.4 is 0 Å². The molecule has 0 saturated heterocycles. The lowest BCUT2D eigenvalue weighted by atomic mass is 9.52. The van der Waals surface area contributed by atoms with Crippen LogP contribution in [-0.4, -0.2) is 19.7 Å². The van der Waals surface area contributed by atoms with E-state index in [9.17, 15) is 0 Å². The zero-order chi connectivity index (χ0) is 19.9. The van der Waals surface area contributed by atoms with Gasteiger partial charge >= 0.3 is 0 Å². The monoisotopic (exact) mass is 388 g/mol. The van der Waals surface area contributed by atoms with Crippen LogP contribution in [0.2, 0.25) is 0 Å². The molecule has 3 aliphatic carbocycles. The molecular weight excluding hydrogens is 356 g/mol. The molecule has 3 fully saturated rings. The Morgan fingerprint density at radius 1 is 0.931 bits per heavy atom. The van der Waals surface area contributed by atoms with Gasteiger partial charge in [0.25, 0.3) is 0 Å². The van der Waals surface area contributed by atoms with Crippen molar-refractivity contribution < 1.29 is 0 Å². The fourth-order valence-electron chi connectivity index (χ4n) is 6.03. The second-order valence-electron chi connectivity index (χ2n) is 9.52. The first kappa shape index (κ1) is 18.8. The third-order valence-corrected chi connectivity index (χ3v) is 7.94. The highest BCUT2D eigenvalue weighted by atomic mass is 15.3. The van der Waals surface area contributed by atoms with E-state index in [1.165, 1.54) is 70.0 Å². The van der Waals surface area contributed by atoms with E-state index in [1.807, 2.05) is 12.3 Å². The lowest BCUT2D eigenvalue weighted by molar-refractivity contribution is 0.0250. The summed E-state index contributed by atoms with van der Waals surface area (Å²) in [6.45, 7) is 2.31. The van der Waals surface area contributed by atoms with Crippen molar-refractivity contribution in [2.45, 2.75) is 76.5 Å². The molecule has 152 valence electrons. The summed E-state index contributed by atoms with van der Waals surface area (Å²) in [4.78, 5) is 4.63. The fraction of sp³-hybridized carbons (Fsp3) is 0.560. The van der Waals surface area contributed by atoms with Gasteiger partial charge in [-0.1, -0.05) is 44.4 Å². The van der Waals surface area contributed by atoms with E-state index in [1.54, 1.807) is 0 Å². The summed E-state index contributed by atoms with van der Waals surface area (Å²) in [5.41, 5.74) is 2.95. The first-order chi connectivity index (χ1) is 14.2. The number of nitrogens with zero attached hydrogens (tertiary/aromatic N) is 4. The van der Waals surface area contributed by atoms with E-state index in [2.05, 4.69) is 52.9 Å². The Kier molecular flexibility index (Phi) is 4.68. The second kappa shape index (κ2) is 7.23. The molecule has 0 spiro atoms. The van der Waals surface area contributed by atoms with Crippen molar-refractivity contribution in [1.82, 2.24) is 19.7 Å². The molecule has 3 saturated carbocycles. The lowest BCUT2D eigenvalue weighted by Gasteiger charge is -2.53. The molecule has 2 heterocycles. The second-order valence-corrected chi connectivity index (χ2v) is 9.52. The number of pyridine rings is 1. The van der Waals surface area contributed by atoms with Crippen LogP contribution in [0, 0.1) is 5.41 Å². The lowest BCUT2D eigenvalue weighted by Crippen LogP contribution is -2.45. The quantitative estimate of drug-likeness (QED) is 0.472. The Hall–Kier alpha value is -2.23. The maximum absolute atomic E-state index is 4.77. The van der Waals surface area contributed by atoms with Crippen molar-refractivity contribution in [2.75, 3.05) is 0 Å². The molecule has 0 aliphatic heterocycles. The highest BCUT2D eigenvalue weighted by Gasteiger charge is 2.51. The van der Waals surface area contributed by atoms with E-state index in [-0.39, 0.29) is 5.41 Å². The maximum Gasteiger partial charge on any atom is 0.165 e. The average Bonchev–Trinajstić information content (AvgIpc) is 3.17. The number of rotatable bonds is 6. The number of fused-ring (bicyclic) bond motifs is 4. The van der Waals surface area contributed by atoms with Crippen LogP contribution >= 0.6 is 0 Å². The SMILES string of the molecule is CCCCCC12CCC(c3nnc(-c4cccc5cccnc45)n3C)(CC1)CC2. The molecule has 2 aromatic heterocycles. The number of aromatic nitrogens is 4. The number of para-hydroxylation sites is 1. The average molecular weight is 389 g/mol. The smallest absolute Gasteiger partial charge is 0.165 e. The molecule has 29 heavy (non-hydrogen) atoms. The standard InChI is InChI=1S/C25H32N4/c1-3-4-5-11-24-12-15-25(16-13-24,17-14-24)23-28-27-22(29(23)2)20-10-6-8-19-9-7-18-26-21(19)20/h6-10,18H,3-5,11-17H2,1-2H3. The Morgan fingerprint density at radius 2 is 1.69 bits per heavy atom. The molecule has 0 unspecified atom stereocenters. The van der Waals surface area contributed by atoms with Gasteiger partial charge < -0.3 is 4.57 Å². The Balaban J connectivity index is 1.44. The molecule has 2 bridgehead atoms. The van der Waals surface area contributed by atoms with Crippen LogP contribution in [0.1, 0.15) is 77.0 Å². The van der Waals surface area contributed by atoms with Gasteiger partial charge in [0.05, 0.1) is 5.52 Å². The third kappa shape index (κ3) is 3.08. The van der Waals surface area contributed by atoms with Crippen LogP contribution in [-0.2, 0) is 12.5 Å². The first-order valence-corrected chi connectivity index (χ1v) is 11.4. The van der Waals surface area contributed by atoms with E-state index < -0.39 is 0 Å². The van der Waals surface area contributed by atoms with E-state index >= 15 is 0 Å². The van der Waals surface area contributed by atoms with Crippen molar-refractivity contribution in [1.29, 1.82) is 0 Å². The van der Waals surface area contributed by atoms with Gasteiger partial charge in [-0.3, -0.25) is 4.98 Å². The van der Waals surface area contributed by atoms with Gasteiger partial charge in [0.15, 0.2) is 5.82 Å². The van der Waals surface area contributed by atoms with E-state index in [0.717, 1.165) is 22.3 Å². The zero-order valence-electron chi connectivity index (χ0n) is 17.8. The molecule has 0 amide bonds. The highest BCUT2D eigenvalue weighted by molar-refractivity contribution is 5.91. The van der Waals surface area contributed by atoms with Crippen molar-refractivity contribution >= 4 is 10.9 Å². The van der Waals surface area contributed by atoms with Gasteiger partial charge in [-0.05, 0) is 62.5 Å². The largest absolute Gasteiger partial charge is 0.314 e. The van der Waals surface area contributed by atoms with Gasteiger partial charge in [0, 0.05) is 29.6 Å². The molecular formula is C25H32N4. The number of unbranched alkanes of at least 4 members (excludes halogenated alkanes) is 2. The van der Waals surface area contributed by atoms with E-state index in [4.69, 9.17) is 5.10 Å². The van der Waals surface area contributed by atoms with Gasteiger partial charge in [0.2, 0.25) is 0 Å². The summed E-state index contributed by atoms with van der Waals surface area (Å²) in [7, 11) is 2.15. The van der Waals surface area contributed by atoms with Crippen molar-refractivity contribution in [2.24, 2.45) is 12.5 Å². The Morgan fingerprint density at radius 3 is 2.45 bits per heavy atom. The molecule has 1 aromatic carbocycles. The van der Waals surface area contributed by atoms with Crippen LogP contribution in [0.15, 0.2) is 36.5 Å². The normalized spacial score (nSPS) is 26.3. The summed E-state index contributed by atoms with van der Waals surface area (Å²) in [5, 5.41) is 10.6. The van der Waals surface area contributed by atoms with Crippen LogP contribution in [0.4, 0.5) is 0 Å². The molecule has 4 heteroatoms. The molecule has 6 rings (SSSR count). The minimum Gasteiger partial charge on any atom is -0.314 e. The molecule has 0 atom stereocenters. The first-order valence-electron chi connectivity index (χ1n) is 11.4. The summed E-state index contributed by atoms with van der Waals surface area (Å²) in [6, 6.07) is 10.4. The highest BCUT2D eigenvalue weighted by Crippen LogP contribution is 2.59. The molecule has 3 aromatic rings.